The molecule has 2 aromatic heterocycles. The number of carboxylic acids is 1. The Labute approximate surface area is 121 Å². The van der Waals surface area contributed by atoms with Crippen LogP contribution in [-0.2, 0) is 10.2 Å². The molecule has 0 bridgehead atoms. The highest BCUT2D eigenvalue weighted by Crippen LogP contribution is 2.56. The Balaban J connectivity index is 1.86. The Kier molecular flexibility index (Phi) is 3.42. The molecular weight excluding hydrogens is 270 g/mol. The molecule has 1 saturated carbocycles. The van der Waals surface area contributed by atoms with Crippen LogP contribution in [0.2, 0.25) is 0 Å². The third-order valence-electron chi connectivity index (χ3n) is 4.07. The van der Waals surface area contributed by atoms with Crippen molar-refractivity contribution in [2.75, 3.05) is 6.54 Å². The maximum atomic E-state index is 11.7. The van der Waals surface area contributed by atoms with Gasteiger partial charge in [-0.2, -0.15) is 0 Å². The van der Waals surface area contributed by atoms with Gasteiger partial charge in [0.05, 0.1) is 5.69 Å². The minimum atomic E-state index is -0.866. The van der Waals surface area contributed by atoms with E-state index < -0.39 is 11.4 Å². The second kappa shape index (κ2) is 5.25. The van der Waals surface area contributed by atoms with E-state index in [2.05, 4.69) is 15.0 Å². The predicted molar refractivity (Wildman–Crippen MR) is 74.9 cm³/mol. The Hall–Kier alpha value is -2.28. The van der Waals surface area contributed by atoms with Crippen LogP contribution in [0.4, 0.5) is 0 Å². The van der Waals surface area contributed by atoms with Crippen molar-refractivity contribution in [3.63, 3.8) is 0 Å². The molecule has 0 amide bonds. The molecule has 1 aliphatic carbocycles. The number of carbonyl (C=O) groups is 1. The van der Waals surface area contributed by atoms with Crippen molar-refractivity contribution in [2.24, 2.45) is 11.7 Å². The number of carboxylic acid groups (broad SMARTS) is 1. The number of aliphatic carboxylic acids is 1. The van der Waals surface area contributed by atoms with E-state index in [0.717, 1.165) is 12.8 Å². The molecule has 7 heteroatoms. The summed E-state index contributed by atoms with van der Waals surface area (Å²) in [5.41, 5.74) is 5.21. The fraction of sp³-hybridized carbons (Fsp3) is 0.429. The number of nitrogens with zero attached hydrogens (tertiary/aromatic N) is 4. The number of hydrogen-bond donors (Lipinski definition) is 2. The van der Waals surface area contributed by atoms with Crippen LogP contribution in [0.25, 0.3) is 5.95 Å². The highest BCUT2D eigenvalue weighted by atomic mass is 16.4. The summed E-state index contributed by atoms with van der Waals surface area (Å²) >= 11 is 0. The third kappa shape index (κ3) is 2.29. The second-order valence-corrected chi connectivity index (χ2v) is 5.32. The molecule has 1 unspecified atom stereocenters. The van der Waals surface area contributed by atoms with Gasteiger partial charge in [0, 0.05) is 18.6 Å². The van der Waals surface area contributed by atoms with Gasteiger partial charge in [-0.15, -0.1) is 0 Å². The maximum Gasteiger partial charge on any atom is 0.316 e. The Morgan fingerprint density at radius 3 is 2.86 bits per heavy atom. The zero-order valence-corrected chi connectivity index (χ0v) is 11.5. The summed E-state index contributed by atoms with van der Waals surface area (Å²) < 4.78 is 1.65. The summed E-state index contributed by atoms with van der Waals surface area (Å²) in [4.78, 5) is 24.2. The van der Waals surface area contributed by atoms with Crippen LogP contribution in [0.1, 0.15) is 25.0 Å². The topological polar surface area (TPSA) is 107 Å². The van der Waals surface area contributed by atoms with Crippen molar-refractivity contribution in [2.45, 2.75) is 24.7 Å². The van der Waals surface area contributed by atoms with E-state index in [1.54, 1.807) is 35.6 Å². The van der Waals surface area contributed by atoms with Gasteiger partial charge in [0.1, 0.15) is 11.7 Å². The van der Waals surface area contributed by atoms with E-state index in [4.69, 9.17) is 5.73 Å². The molecule has 110 valence electrons. The van der Waals surface area contributed by atoms with Crippen molar-refractivity contribution in [1.29, 1.82) is 0 Å². The molecular formula is C14H17N5O2. The first-order valence-corrected chi connectivity index (χ1v) is 6.94. The first-order valence-electron chi connectivity index (χ1n) is 6.94. The quantitative estimate of drug-likeness (QED) is 0.811. The summed E-state index contributed by atoms with van der Waals surface area (Å²) in [6, 6.07) is 1.73. The van der Waals surface area contributed by atoms with Gasteiger partial charge < -0.3 is 10.8 Å². The molecule has 0 aliphatic heterocycles. The molecule has 0 saturated heterocycles. The summed E-state index contributed by atoms with van der Waals surface area (Å²) in [5.74, 6) is -0.224. The lowest BCUT2D eigenvalue weighted by Gasteiger charge is -2.09. The lowest BCUT2D eigenvalue weighted by atomic mass is 9.98. The number of imidazole rings is 1. The fourth-order valence-electron chi connectivity index (χ4n) is 2.81. The molecule has 2 aromatic rings. The summed E-state index contributed by atoms with van der Waals surface area (Å²) in [5, 5.41) is 9.60. The van der Waals surface area contributed by atoms with Crippen LogP contribution < -0.4 is 5.73 Å². The molecule has 7 nitrogen and oxygen atoms in total. The van der Waals surface area contributed by atoms with Gasteiger partial charge >= 0.3 is 5.97 Å². The number of hydrogen-bond acceptors (Lipinski definition) is 5. The molecule has 1 fully saturated rings. The van der Waals surface area contributed by atoms with Gasteiger partial charge in [0.25, 0.3) is 0 Å². The van der Waals surface area contributed by atoms with Crippen LogP contribution in [0.15, 0.2) is 31.0 Å². The highest BCUT2D eigenvalue weighted by Gasteiger charge is 2.62. The molecule has 3 N–H and O–H groups in total. The number of nitrogens with two attached hydrogens (primary N) is 1. The third-order valence-corrected chi connectivity index (χ3v) is 4.07. The molecule has 2 atom stereocenters. The van der Waals surface area contributed by atoms with E-state index in [0.29, 0.717) is 24.6 Å². The van der Waals surface area contributed by atoms with E-state index in [1.807, 2.05) is 0 Å². The Morgan fingerprint density at radius 2 is 2.19 bits per heavy atom. The number of aromatic nitrogens is 4. The van der Waals surface area contributed by atoms with Crippen LogP contribution in [0.5, 0.6) is 0 Å². The lowest BCUT2D eigenvalue weighted by Crippen LogP contribution is -2.23. The molecule has 2 heterocycles. The molecule has 0 radical (unpaired) electrons. The van der Waals surface area contributed by atoms with E-state index in [9.17, 15) is 9.90 Å². The van der Waals surface area contributed by atoms with E-state index in [1.165, 1.54) is 0 Å². The zero-order valence-electron chi connectivity index (χ0n) is 11.5. The number of rotatable bonds is 6. The minimum Gasteiger partial charge on any atom is -0.481 e. The van der Waals surface area contributed by atoms with Crippen molar-refractivity contribution in [3.8, 4) is 5.95 Å². The zero-order chi connectivity index (χ0) is 14.9. The summed E-state index contributed by atoms with van der Waals surface area (Å²) in [6.07, 6.45) is 8.82. The van der Waals surface area contributed by atoms with Gasteiger partial charge in [-0.1, -0.05) is 0 Å². The molecule has 1 aliphatic rings. The van der Waals surface area contributed by atoms with Crippen molar-refractivity contribution in [1.82, 2.24) is 19.5 Å². The van der Waals surface area contributed by atoms with Crippen molar-refractivity contribution >= 4 is 5.97 Å². The average molecular weight is 287 g/mol. The molecule has 3 rings (SSSR count). The first-order chi connectivity index (χ1) is 10.2. The molecule has 0 spiro atoms. The minimum absolute atomic E-state index is 0.110. The largest absolute Gasteiger partial charge is 0.481 e. The molecule has 21 heavy (non-hydrogen) atoms. The smallest absolute Gasteiger partial charge is 0.316 e. The van der Waals surface area contributed by atoms with Gasteiger partial charge in [-0.25, -0.2) is 15.0 Å². The van der Waals surface area contributed by atoms with Crippen LogP contribution >= 0.6 is 0 Å². The SMILES string of the molecule is NCCC[C@H]1CC1(C(=O)O)c1cn(-c2ncccn2)cn1. The average Bonchev–Trinajstić information content (AvgIpc) is 3.03. The van der Waals surface area contributed by atoms with Crippen LogP contribution in [0.3, 0.4) is 0 Å². The van der Waals surface area contributed by atoms with Gasteiger partial charge in [-0.3, -0.25) is 9.36 Å². The van der Waals surface area contributed by atoms with Crippen molar-refractivity contribution < 1.29 is 9.90 Å². The monoisotopic (exact) mass is 287 g/mol. The van der Waals surface area contributed by atoms with Crippen LogP contribution in [-0.4, -0.2) is 37.1 Å². The standard InChI is InChI=1S/C14H17N5O2/c15-4-1-3-10-7-14(10,12(20)21)11-8-19(9-18-11)13-16-5-2-6-17-13/h2,5-6,8-10H,1,3-4,7,15H2,(H,20,21)/t10-,14?/m0/s1. The highest BCUT2D eigenvalue weighted by molar-refractivity contribution is 5.85. The Morgan fingerprint density at radius 1 is 1.43 bits per heavy atom. The normalized spacial score (nSPS) is 24.0. The van der Waals surface area contributed by atoms with E-state index in [-0.39, 0.29) is 5.92 Å². The first kappa shape index (κ1) is 13.7. The molecule has 0 aromatic carbocycles. The van der Waals surface area contributed by atoms with Gasteiger partial charge in [0.2, 0.25) is 5.95 Å². The second-order valence-electron chi connectivity index (χ2n) is 5.32. The predicted octanol–water partition coefficient (Wildman–Crippen LogP) is 0.743. The maximum absolute atomic E-state index is 11.7. The Bertz CT molecular complexity index is 642. The van der Waals surface area contributed by atoms with E-state index >= 15 is 0 Å². The van der Waals surface area contributed by atoms with Gasteiger partial charge in [0.15, 0.2) is 0 Å². The summed E-state index contributed by atoms with van der Waals surface area (Å²) in [7, 11) is 0. The van der Waals surface area contributed by atoms with Crippen molar-refractivity contribution in [3.05, 3.63) is 36.7 Å². The van der Waals surface area contributed by atoms with Gasteiger partial charge in [-0.05, 0) is 37.8 Å². The lowest BCUT2D eigenvalue weighted by molar-refractivity contribution is -0.140. The van der Waals surface area contributed by atoms with Crippen LogP contribution in [0, 0.1) is 5.92 Å². The fourth-order valence-corrected chi connectivity index (χ4v) is 2.81. The summed E-state index contributed by atoms with van der Waals surface area (Å²) in [6.45, 7) is 0.582.